The first-order chi connectivity index (χ1) is 11.1. The fourth-order valence-electron chi connectivity index (χ4n) is 3.39. The number of nitrogens with one attached hydrogen (secondary N) is 1. The number of hydrogen-bond donors (Lipinski definition) is 2. The quantitative estimate of drug-likeness (QED) is 0.888. The van der Waals surface area contributed by atoms with Crippen LogP contribution in [-0.4, -0.2) is 22.0 Å². The van der Waals surface area contributed by atoms with Gasteiger partial charge in [-0.15, -0.1) is 0 Å². The molecule has 23 heavy (non-hydrogen) atoms. The van der Waals surface area contributed by atoms with Crippen molar-refractivity contribution in [2.45, 2.75) is 38.9 Å². The van der Waals surface area contributed by atoms with E-state index in [1.54, 1.807) is 0 Å². The maximum atomic E-state index is 13.0. The average molecular weight is 308 g/mol. The van der Waals surface area contributed by atoms with Crippen molar-refractivity contribution in [3.8, 4) is 5.75 Å². The van der Waals surface area contributed by atoms with E-state index < -0.39 is 0 Å². The number of benzene rings is 2. The molecule has 118 valence electrons. The van der Waals surface area contributed by atoms with Gasteiger partial charge in [-0.1, -0.05) is 12.1 Å². The Hall–Kier alpha value is -2.49. The van der Waals surface area contributed by atoms with Gasteiger partial charge in [-0.25, -0.2) is 0 Å². The van der Waals surface area contributed by atoms with Crippen molar-refractivity contribution < 1.29 is 9.90 Å². The van der Waals surface area contributed by atoms with Crippen molar-refractivity contribution in [3.63, 3.8) is 0 Å². The summed E-state index contributed by atoms with van der Waals surface area (Å²) in [7, 11) is 0. The number of hydrogen-bond acceptors (Lipinski definition) is 3. The molecule has 1 heterocycles. The lowest BCUT2D eigenvalue weighted by Crippen LogP contribution is -2.44. The van der Waals surface area contributed by atoms with Crippen LogP contribution in [0.2, 0.25) is 0 Å². The molecular weight excluding hydrogens is 288 g/mol. The smallest absolute Gasteiger partial charge is 0.258 e. The fourth-order valence-corrected chi connectivity index (χ4v) is 3.39. The van der Waals surface area contributed by atoms with Crippen molar-refractivity contribution in [2.75, 3.05) is 5.32 Å². The molecular formula is C19H20N2O2. The van der Waals surface area contributed by atoms with Gasteiger partial charge in [0.05, 0.1) is 5.56 Å². The van der Waals surface area contributed by atoms with E-state index >= 15 is 0 Å². The lowest BCUT2D eigenvalue weighted by molar-refractivity contribution is 0.0666. The van der Waals surface area contributed by atoms with Crippen LogP contribution in [0, 0.1) is 13.8 Å². The van der Waals surface area contributed by atoms with Crippen molar-refractivity contribution in [3.05, 3.63) is 58.7 Å². The minimum absolute atomic E-state index is 0.0928. The second kappa shape index (κ2) is 5.01. The predicted octanol–water partition coefficient (Wildman–Crippen LogP) is 3.74. The van der Waals surface area contributed by atoms with Gasteiger partial charge < -0.3 is 15.3 Å². The van der Waals surface area contributed by atoms with Crippen LogP contribution in [0.4, 0.5) is 5.69 Å². The van der Waals surface area contributed by atoms with Gasteiger partial charge >= 0.3 is 0 Å². The highest BCUT2D eigenvalue weighted by Crippen LogP contribution is 2.41. The van der Waals surface area contributed by atoms with E-state index in [0.29, 0.717) is 11.8 Å². The van der Waals surface area contributed by atoms with Gasteiger partial charge in [0, 0.05) is 11.7 Å². The first-order valence-corrected chi connectivity index (χ1v) is 8.04. The first kappa shape index (κ1) is 14.1. The summed E-state index contributed by atoms with van der Waals surface area (Å²) in [5.74, 6) is 0.421. The molecule has 1 saturated carbocycles. The molecule has 0 aromatic heterocycles. The SMILES string of the molecule is Cc1cc([C@H]2Nc3ccccc3C(=O)N2C2CC2)cc(C)c1O. The van der Waals surface area contributed by atoms with Gasteiger partial charge in [0.1, 0.15) is 11.9 Å². The Bertz CT molecular complexity index is 773. The number of para-hydroxylation sites is 1. The van der Waals surface area contributed by atoms with Crippen LogP contribution in [-0.2, 0) is 0 Å². The average Bonchev–Trinajstić information content (AvgIpc) is 3.36. The molecule has 2 aromatic carbocycles. The Kier molecular flexibility index (Phi) is 3.08. The van der Waals surface area contributed by atoms with Crippen LogP contribution in [0.5, 0.6) is 5.75 Å². The molecule has 0 bridgehead atoms. The summed E-state index contributed by atoms with van der Waals surface area (Å²) < 4.78 is 0. The van der Waals surface area contributed by atoms with Crippen molar-refractivity contribution in [2.24, 2.45) is 0 Å². The number of rotatable bonds is 2. The van der Waals surface area contributed by atoms with Crippen LogP contribution in [0.25, 0.3) is 0 Å². The molecule has 0 radical (unpaired) electrons. The number of amides is 1. The van der Waals surface area contributed by atoms with E-state index in [4.69, 9.17) is 0 Å². The maximum absolute atomic E-state index is 13.0. The molecule has 1 amide bonds. The van der Waals surface area contributed by atoms with E-state index in [9.17, 15) is 9.90 Å². The fraction of sp³-hybridized carbons (Fsp3) is 0.316. The zero-order valence-electron chi connectivity index (χ0n) is 13.3. The van der Waals surface area contributed by atoms with E-state index in [0.717, 1.165) is 40.8 Å². The molecule has 1 aliphatic carbocycles. The summed E-state index contributed by atoms with van der Waals surface area (Å²) in [5.41, 5.74) is 4.31. The zero-order chi connectivity index (χ0) is 16.1. The van der Waals surface area contributed by atoms with Crippen molar-refractivity contribution in [1.29, 1.82) is 0 Å². The third-order valence-electron chi connectivity index (χ3n) is 4.73. The Labute approximate surface area is 135 Å². The van der Waals surface area contributed by atoms with Crippen LogP contribution in [0.1, 0.15) is 46.1 Å². The number of aromatic hydroxyl groups is 1. The summed E-state index contributed by atoms with van der Waals surface area (Å²) in [6.45, 7) is 3.79. The lowest BCUT2D eigenvalue weighted by atomic mass is 9.99. The molecule has 0 spiro atoms. The summed E-state index contributed by atoms with van der Waals surface area (Å²) in [4.78, 5) is 14.9. The summed E-state index contributed by atoms with van der Waals surface area (Å²) in [6, 6.07) is 11.9. The van der Waals surface area contributed by atoms with Crippen molar-refractivity contribution >= 4 is 11.6 Å². The molecule has 1 aliphatic heterocycles. The largest absolute Gasteiger partial charge is 0.507 e. The highest BCUT2D eigenvalue weighted by Gasteiger charge is 2.42. The Morgan fingerprint density at radius 3 is 2.43 bits per heavy atom. The van der Waals surface area contributed by atoms with Crippen molar-refractivity contribution in [1.82, 2.24) is 4.90 Å². The number of fused-ring (bicyclic) bond motifs is 1. The molecule has 4 heteroatoms. The number of carbonyl (C=O) groups is 1. The number of aryl methyl sites for hydroxylation is 2. The maximum Gasteiger partial charge on any atom is 0.258 e. The number of phenols is 1. The molecule has 4 rings (SSSR count). The van der Waals surface area contributed by atoms with Crippen LogP contribution >= 0.6 is 0 Å². The van der Waals surface area contributed by atoms with E-state index in [2.05, 4.69) is 5.32 Å². The molecule has 0 saturated heterocycles. The van der Waals surface area contributed by atoms with Crippen LogP contribution in [0.3, 0.4) is 0 Å². The number of carbonyl (C=O) groups excluding carboxylic acids is 1. The minimum atomic E-state index is -0.178. The van der Waals surface area contributed by atoms with E-state index in [-0.39, 0.29) is 12.1 Å². The Balaban J connectivity index is 1.82. The topological polar surface area (TPSA) is 52.6 Å². The monoisotopic (exact) mass is 308 g/mol. The van der Waals surface area contributed by atoms with Crippen LogP contribution in [0.15, 0.2) is 36.4 Å². The summed E-state index contributed by atoms with van der Waals surface area (Å²) in [5, 5.41) is 13.5. The molecule has 0 unspecified atom stereocenters. The number of nitrogens with zero attached hydrogens (tertiary/aromatic N) is 1. The molecule has 2 aromatic rings. The van der Waals surface area contributed by atoms with Crippen LogP contribution < -0.4 is 5.32 Å². The van der Waals surface area contributed by atoms with Gasteiger partial charge in [0.25, 0.3) is 5.91 Å². The second-order valence-electron chi connectivity index (χ2n) is 6.54. The summed E-state index contributed by atoms with van der Waals surface area (Å²) >= 11 is 0. The Morgan fingerprint density at radius 2 is 1.78 bits per heavy atom. The van der Waals surface area contributed by atoms with E-state index in [1.807, 2.05) is 55.1 Å². The predicted molar refractivity (Wildman–Crippen MR) is 89.6 cm³/mol. The van der Waals surface area contributed by atoms with Gasteiger partial charge in [0.15, 0.2) is 0 Å². The molecule has 1 fully saturated rings. The normalized spacial score (nSPS) is 20.2. The standard InChI is InChI=1S/C19H20N2O2/c1-11-9-13(10-12(2)17(11)22)18-20-16-6-4-3-5-15(16)19(23)21(18)14-7-8-14/h3-6,9-10,14,18,20,22H,7-8H2,1-2H3/t18-/m0/s1. The van der Waals surface area contributed by atoms with E-state index in [1.165, 1.54) is 0 Å². The Morgan fingerprint density at radius 1 is 1.13 bits per heavy atom. The molecule has 4 nitrogen and oxygen atoms in total. The number of phenolic OH excluding ortho intramolecular Hbond substituents is 1. The molecule has 1 atom stereocenters. The third-order valence-corrected chi connectivity index (χ3v) is 4.73. The zero-order valence-corrected chi connectivity index (χ0v) is 13.3. The first-order valence-electron chi connectivity index (χ1n) is 8.04. The highest BCUT2D eigenvalue weighted by molar-refractivity contribution is 6.02. The molecule has 2 aliphatic rings. The van der Waals surface area contributed by atoms with Gasteiger partial charge in [0.2, 0.25) is 0 Å². The van der Waals surface area contributed by atoms with Gasteiger partial charge in [-0.05, 0) is 67.6 Å². The van der Waals surface area contributed by atoms with Gasteiger partial charge in [-0.2, -0.15) is 0 Å². The number of anilines is 1. The summed E-state index contributed by atoms with van der Waals surface area (Å²) in [6.07, 6.45) is 1.94. The lowest BCUT2D eigenvalue weighted by Gasteiger charge is -2.38. The third kappa shape index (κ3) is 2.25. The second-order valence-corrected chi connectivity index (χ2v) is 6.54. The highest BCUT2D eigenvalue weighted by atomic mass is 16.3. The van der Waals surface area contributed by atoms with Gasteiger partial charge in [-0.3, -0.25) is 4.79 Å². The minimum Gasteiger partial charge on any atom is -0.507 e. The molecule has 2 N–H and O–H groups in total.